The highest BCUT2D eigenvalue weighted by molar-refractivity contribution is 7.09. The minimum absolute atomic E-state index is 0.145. The van der Waals surface area contributed by atoms with E-state index in [1.54, 1.807) is 23.5 Å². The quantitative estimate of drug-likeness (QED) is 0.847. The number of likely N-dealkylation sites (tertiary alicyclic amines) is 1. The Hall–Kier alpha value is -1.26. The molecule has 3 rings (SSSR count). The zero-order chi connectivity index (χ0) is 14.7. The van der Waals surface area contributed by atoms with Crippen LogP contribution in [0.5, 0.6) is 0 Å². The van der Waals surface area contributed by atoms with E-state index in [9.17, 15) is 4.39 Å². The topological polar surface area (TPSA) is 16.1 Å². The summed E-state index contributed by atoms with van der Waals surface area (Å²) >= 11 is 1.76. The normalized spacial score (nSPS) is 17.2. The molecule has 4 heteroatoms. The van der Waals surface area contributed by atoms with Gasteiger partial charge in [0.1, 0.15) is 5.82 Å². The molecule has 0 unspecified atom stereocenters. The van der Waals surface area contributed by atoms with Crippen molar-refractivity contribution in [1.82, 2.24) is 9.88 Å². The van der Waals surface area contributed by atoms with Crippen molar-refractivity contribution in [2.45, 2.75) is 32.7 Å². The first-order valence-electron chi connectivity index (χ1n) is 7.56. The lowest BCUT2D eigenvalue weighted by Gasteiger charge is -2.31. The van der Waals surface area contributed by atoms with Crippen molar-refractivity contribution in [3.05, 3.63) is 51.7 Å². The van der Waals surface area contributed by atoms with E-state index in [2.05, 4.69) is 16.8 Å². The van der Waals surface area contributed by atoms with Crippen LogP contribution in [0.2, 0.25) is 0 Å². The SMILES string of the molecule is Cc1ncsc1CN1CCC(Cc2ccc(F)cc2)CC1. The summed E-state index contributed by atoms with van der Waals surface area (Å²) < 4.78 is 12.9. The van der Waals surface area contributed by atoms with Gasteiger partial charge in [0.15, 0.2) is 0 Å². The Balaban J connectivity index is 1.49. The van der Waals surface area contributed by atoms with Gasteiger partial charge in [0.05, 0.1) is 11.2 Å². The van der Waals surface area contributed by atoms with Gasteiger partial charge in [-0.1, -0.05) is 12.1 Å². The second kappa shape index (κ2) is 6.67. The van der Waals surface area contributed by atoms with E-state index in [1.165, 1.54) is 29.0 Å². The number of hydrogen-bond acceptors (Lipinski definition) is 3. The molecule has 0 radical (unpaired) electrons. The highest BCUT2D eigenvalue weighted by Crippen LogP contribution is 2.24. The van der Waals surface area contributed by atoms with Gasteiger partial charge >= 0.3 is 0 Å². The lowest BCUT2D eigenvalue weighted by atomic mass is 9.90. The van der Waals surface area contributed by atoms with Crippen LogP contribution in [0, 0.1) is 18.7 Å². The molecule has 2 aromatic rings. The number of piperidine rings is 1. The van der Waals surface area contributed by atoms with Gasteiger partial charge in [-0.25, -0.2) is 9.37 Å². The summed E-state index contributed by atoms with van der Waals surface area (Å²) in [5, 5.41) is 0. The van der Waals surface area contributed by atoms with Crippen molar-refractivity contribution in [3.8, 4) is 0 Å². The molecule has 0 amide bonds. The second-order valence-corrected chi connectivity index (χ2v) is 6.85. The van der Waals surface area contributed by atoms with E-state index in [0.717, 1.165) is 32.0 Å². The number of rotatable bonds is 4. The van der Waals surface area contributed by atoms with Crippen LogP contribution in [0.15, 0.2) is 29.8 Å². The van der Waals surface area contributed by atoms with Crippen LogP contribution < -0.4 is 0 Å². The smallest absolute Gasteiger partial charge is 0.123 e. The molecule has 0 saturated carbocycles. The minimum Gasteiger partial charge on any atom is -0.298 e. The van der Waals surface area contributed by atoms with E-state index in [-0.39, 0.29) is 5.82 Å². The Morgan fingerprint density at radius 1 is 1.24 bits per heavy atom. The molecule has 1 aromatic heterocycles. The Labute approximate surface area is 129 Å². The Morgan fingerprint density at radius 3 is 2.57 bits per heavy atom. The van der Waals surface area contributed by atoms with Gasteiger partial charge in [0.25, 0.3) is 0 Å². The summed E-state index contributed by atoms with van der Waals surface area (Å²) in [5.41, 5.74) is 4.37. The number of hydrogen-bond donors (Lipinski definition) is 0. The van der Waals surface area contributed by atoms with Gasteiger partial charge in [-0.15, -0.1) is 11.3 Å². The fraction of sp³-hybridized carbons (Fsp3) is 0.471. The van der Waals surface area contributed by atoms with E-state index in [4.69, 9.17) is 0 Å². The standard InChI is InChI=1S/C17H21FN2S/c1-13-17(21-12-19-13)11-20-8-6-15(7-9-20)10-14-2-4-16(18)5-3-14/h2-5,12,15H,6-11H2,1H3. The average molecular weight is 304 g/mol. The maximum absolute atomic E-state index is 12.9. The fourth-order valence-corrected chi connectivity index (χ4v) is 3.80. The molecule has 0 N–H and O–H groups in total. The molecule has 2 heterocycles. The predicted molar refractivity (Wildman–Crippen MR) is 85.0 cm³/mol. The highest BCUT2D eigenvalue weighted by Gasteiger charge is 2.20. The van der Waals surface area contributed by atoms with Crippen molar-refractivity contribution in [2.24, 2.45) is 5.92 Å². The zero-order valence-corrected chi connectivity index (χ0v) is 13.2. The monoisotopic (exact) mass is 304 g/mol. The molecule has 1 aromatic carbocycles. The largest absolute Gasteiger partial charge is 0.298 e. The first-order valence-corrected chi connectivity index (χ1v) is 8.44. The van der Waals surface area contributed by atoms with Crippen LogP contribution in [-0.4, -0.2) is 23.0 Å². The number of nitrogens with zero attached hydrogens (tertiary/aromatic N) is 2. The fourth-order valence-electron chi connectivity index (χ4n) is 2.98. The molecule has 1 aliphatic rings. The predicted octanol–water partition coefficient (Wildman–Crippen LogP) is 4.05. The number of aromatic nitrogens is 1. The zero-order valence-electron chi connectivity index (χ0n) is 12.4. The van der Waals surface area contributed by atoms with E-state index in [1.807, 2.05) is 17.6 Å². The second-order valence-electron chi connectivity index (χ2n) is 5.91. The molecule has 0 atom stereocenters. The summed E-state index contributed by atoms with van der Waals surface area (Å²) in [6.07, 6.45) is 3.54. The van der Waals surface area contributed by atoms with E-state index >= 15 is 0 Å². The van der Waals surface area contributed by atoms with E-state index < -0.39 is 0 Å². The summed E-state index contributed by atoms with van der Waals surface area (Å²) in [6, 6.07) is 6.97. The molecular formula is C17H21FN2S. The summed E-state index contributed by atoms with van der Waals surface area (Å²) in [6.45, 7) is 5.44. The molecule has 1 fully saturated rings. The van der Waals surface area contributed by atoms with Crippen LogP contribution in [0.4, 0.5) is 4.39 Å². The van der Waals surface area contributed by atoms with Crippen molar-refractivity contribution in [3.63, 3.8) is 0 Å². The molecule has 1 aliphatic heterocycles. The molecular weight excluding hydrogens is 283 g/mol. The molecule has 0 bridgehead atoms. The van der Waals surface area contributed by atoms with Crippen molar-refractivity contribution < 1.29 is 4.39 Å². The van der Waals surface area contributed by atoms with Crippen LogP contribution in [0.25, 0.3) is 0 Å². The lowest BCUT2D eigenvalue weighted by molar-refractivity contribution is 0.178. The summed E-state index contributed by atoms with van der Waals surface area (Å²) in [4.78, 5) is 8.25. The van der Waals surface area contributed by atoms with Crippen LogP contribution in [-0.2, 0) is 13.0 Å². The number of halogens is 1. The number of aryl methyl sites for hydroxylation is 1. The lowest BCUT2D eigenvalue weighted by Crippen LogP contribution is -2.33. The number of thiazole rings is 1. The van der Waals surface area contributed by atoms with Crippen molar-refractivity contribution in [2.75, 3.05) is 13.1 Å². The maximum Gasteiger partial charge on any atom is 0.123 e. The molecule has 0 spiro atoms. The third kappa shape index (κ3) is 3.89. The van der Waals surface area contributed by atoms with Gasteiger partial charge in [-0.05, 0) is 62.9 Å². The van der Waals surface area contributed by atoms with Crippen LogP contribution in [0.1, 0.15) is 29.0 Å². The van der Waals surface area contributed by atoms with Crippen molar-refractivity contribution in [1.29, 1.82) is 0 Å². The first kappa shape index (κ1) is 14.7. The summed E-state index contributed by atoms with van der Waals surface area (Å²) in [7, 11) is 0. The third-order valence-corrected chi connectivity index (χ3v) is 5.28. The number of benzene rings is 1. The van der Waals surface area contributed by atoms with Gasteiger partial charge in [-0.2, -0.15) is 0 Å². The molecule has 2 nitrogen and oxygen atoms in total. The minimum atomic E-state index is -0.145. The van der Waals surface area contributed by atoms with E-state index in [0.29, 0.717) is 0 Å². The Kier molecular flexibility index (Phi) is 4.66. The van der Waals surface area contributed by atoms with Gasteiger partial charge < -0.3 is 0 Å². The molecule has 21 heavy (non-hydrogen) atoms. The first-order chi connectivity index (χ1) is 10.2. The van der Waals surface area contributed by atoms with Crippen LogP contribution >= 0.6 is 11.3 Å². The van der Waals surface area contributed by atoms with Crippen molar-refractivity contribution >= 4 is 11.3 Å². The van der Waals surface area contributed by atoms with Gasteiger partial charge in [0, 0.05) is 11.4 Å². The Bertz CT molecular complexity index is 571. The van der Waals surface area contributed by atoms with Gasteiger partial charge in [-0.3, -0.25) is 4.90 Å². The van der Waals surface area contributed by atoms with Crippen LogP contribution in [0.3, 0.4) is 0 Å². The molecule has 112 valence electrons. The Morgan fingerprint density at radius 2 is 1.95 bits per heavy atom. The molecule has 1 saturated heterocycles. The highest BCUT2D eigenvalue weighted by atomic mass is 32.1. The third-order valence-electron chi connectivity index (χ3n) is 4.36. The molecule has 0 aliphatic carbocycles. The van der Waals surface area contributed by atoms with Gasteiger partial charge in [0.2, 0.25) is 0 Å². The maximum atomic E-state index is 12.9. The summed E-state index contributed by atoms with van der Waals surface area (Å²) in [5.74, 6) is 0.586. The average Bonchev–Trinajstić information content (AvgIpc) is 2.89.